The molecule has 18 heavy (non-hydrogen) atoms. The molecule has 0 amide bonds. The van der Waals surface area contributed by atoms with Crippen molar-refractivity contribution in [3.63, 3.8) is 0 Å². The Hall–Kier alpha value is -1.79. The maximum atomic E-state index is 12.5. The van der Waals surface area contributed by atoms with Crippen LogP contribution in [0.5, 0.6) is 0 Å². The van der Waals surface area contributed by atoms with Gasteiger partial charge in [0.2, 0.25) is 0 Å². The van der Waals surface area contributed by atoms with Gasteiger partial charge in [0, 0.05) is 19.8 Å². The van der Waals surface area contributed by atoms with Gasteiger partial charge in [0.1, 0.15) is 5.82 Å². The first-order chi connectivity index (χ1) is 8.21. The number of hydrogen-bond donors (Lipinski definition) is 1. The van der Waals surface area contributed by atoms with Gasteiger partial charge in [-0.05, 0) is 12.1 Å². The van der Waals surface area contributed by atoms with Crippen molar-refractivity contribution in [1.82, 2.24) is 4.98 Å². The minimum atomic E-state index is -4.43. The van der Waals surface area contributed by atoms with E-state index in [1.165, 1.54) is 18.9 Å². The van der Waals surface area contributed by atoms with E-state index in [9.17, 15) is 18.0 Å². The van der Waals surface area contributed by atoms with Crippen molar-refractivity contribution < 1.29 is 23.1 Å². The summed E-state index contributed by atoms with van der Waals surface area (Å²) in [7, 11) is 1.50. The van der Waals surface area contributed by atoms with E-state index < -0.39 is 23.6 Å². The number of pyridine rings is 1. The van der Waals surface area contributed by atoms with Crippen LogP contribution in [0.3, 0.4) is 0 Å². The molecule has 0 aromatic carbocycles. The van der Waals surface area contributed by atoms with Crippen LogP contribution in [0.25, 0.3) is 0 Å². The Labute approximate surface area is 102 Å². The molecule has 0 saturated heterocycles. The molecule has 0 aliphatic rings. The zero-order valence-electron chi connectivity index (χ0n) is 9.90. The van der Waals surface area contributed by atoms with Crippen molar-refractivity contribution in [2.24, 2.45) is 5.92 Å². The number of carboxylic acids is 1. The fourth-order valence-electron chi connectivity index (χ4n) is 1.39. The third kappa shape index (κ3) is 3.61. The highest BCUT2D eigenvalue weighted by atomic mass is 19.4. The summed E-state index contributed by atoms with van der Waals surface area (Å²) in [6, 6.07) is 1.77. The predicted octanol–water partition coefficient (Wildman–Crippen LogP) is 2.26. The number of carbonyl (C=O) groups is 1. The van der Waals surface area contributed by atoms with E-state index in [0.29, 0.717) is 0 Å². The first-order valence-electron chi connectivity index (χ1n) is 5.19. The maximum absolute atomic E-state index is 12.5. The van der Waals surface area contributed by atoms with Crippen molar-refractivity contribution >= 4 is 11.8 Å². The highest BCUT2D eigenvalue weighted by Crippen LogP contribution is 2.30. The van der Waals surface area contributed by atoms with Crippen molar-refractivity contribution in [2.45, 2.75) is 13.1 Å². The highest BCUT2D eigenvalue weighted by Gasteiger charge is 2.31. The summed E-state index contributed by atoms with van der Waals surface area (Å²) in [5, 5.41) is 8.73. The number of hydrogen-bond acceptors (Lipinski definition) is 3. The summed E-state index contributed by atoms with van der Waals surface area (Å²) in [6.45, 7) is 1.57. The van der Waals surface area contributed by atoms with Gasteiger partial charge in [-0.15, -0.1) is 0 Å². The van der Waals surface area contributed by atoms with Crippen LogP contribution in [0.4, 0.5) is 19.0 Å². The molecule has 0 saturated carbocycles. The van der Waals surface area contributed by atoms with Gasteiger partial charge in [-0.2, -0.15) is 13.2 Å². The van der Waals surface area contributed by atoms with Crippen molar-refractivity contribution in [2.75, 3.05) is 18.5 Å². The first kappa shape index (κ1) is 14.3. The van der Waals surface area contributed by atoms with E-state index in [0.717, 1.165) is 18.3 Å². The van der Waals surface area contributed by atoms with Gasteiger partial charge >= 0.3 is 12.1 Å². The van der Waals surface area contributed by atoms with E-state index in [2.05, 4.69) is 4.98 Å². The highest BCUT2D eigenvalue weighted by molar-refractivity contribution is 5.70. The Morgan fingerprint density at radius 3 is 2.67 bits per heavy atom. The van der Waals surface area contributed by atoms with E-state index in [1.54, 1.807) is 0 Å². The number of rotatable bonds is 4. The molecule has 1 aromatic rings. The number of anilines is 1. The van der Waals surface area contributed by atoms with Gasteiger partial charge in [0.15, 0.2) is 0 Å². The molecule has 7 heteroatoms. The summed E-state index contributed by atoms with van der Waals surface area (Å²) >= 11 is 0. The fraction of sp³-hybridized carbons (Fsp3) is 0.455. The molecule has 0 aliphatic heterocycles. The quantitative estimate of drug-likeness (QED) is 0.904. The van der Waals surface area contributed by atoms with Crippen LogP contribution in [0, 0.1) is 5.92 Å². The largest absolute Gasteiger partial charge is 0.481 e. The summed E-state index contributed by atoms with van der Waals surface area (Å²) < 4.78 is 37.4. The molecule has 1 atom stereocenters. The number of halogens is 3. The number of alkyl halides is 3. The number of aliphatic carboxylic acids is 1. The molecule has 1 unspecified atom stereocenters. The lowest BCUT2D eigenvalue weighted by Crippen LogP contribution is -2.29. The first-order valence-corrected chi connectivity index (χ1v) is 5.19. The van der Waals surface area contributed by atoms with Crippen molar-refractivity contribution in [3.8, 4) is 0 Å². The molecule has 0 aliphatic carbocycles. The summed E-state index contributed by atoms with van der Waals surface area (Å²) in [4.78, 5) is 15.8. The van der Waals surface area contributed by atoms with Gasteiger partial charge < -0.3 is 10.0 Å². The Morgan fingerprint density at radius 2 is 2.17 bits per heavy atom. The molecule has 1 aromatic heterocycles. The lowest BCUT2D eigenvalue weighted by atomic mass is 10.1. The lowest BCUT2D eigenvalue weighted by molar-refractivity contribution is -0.141. The molecule has 0 radical (unpaired) electrons. The predicted molar refractivity (Wildman–Crippen MR) is 59.3 cm³/mol. The Morgan fingerprint density at radius 1 is 1.56 bits per heavy atom. The molecule has 4 nitrogen and oxygen atoms in total. The molecule has 1 heterocycles. The lowest BCUT2D eigenvalue weighted by Gasteiger charge is -2.21. The van der Waals surface area contributed by atoms with Gasteiger partial charge in [-0.25, -0.2) is 4.98 Å². The van der Waals surface area contributed by atoms with Gasteiger partial charge in [-0.1, -0.05) is 6.92 Å². The standard InChI is InChI=1S/C11H13F3N2O2/c1-7(10(17)18)6-16(2)9-5-8(3-4-15-9)11(12,13)14/h3-5,7H,6H2,1-2H3,(H,17,18). The Balaban J connectivity index is 2.87. The van der Waals surface area contributed by atoms with Gasteiger partial charge in [0.25, 0.3) is 0 Å². The molecule has 100 valence electrons. The van der Waals surface area contributed by atoms with Crippen LogP contribution in [-0.2, 0) is 11.0 Å². The molecular weight excluding hydrogens is 249 g/mol. The average molecular weight is 262 g/mol. The minimum absolute atomic E-state index is 0.0869. The second kappa shape index (κ2) is 5.24. The minimum Gasteiger partial charge on any atom is -0.481 e. The average Bonchev–Trinajstić information content (AvgIpc) is 2.27. The molecule has 0 spiro atoms. The van der Waals surface area contributed by atoms with Crippen LogP contribution in [0.2, 0.25) is 0 Å². The van der Waals surface area contributed by atoms with E-state index in [-0.39, 0.29) is 12.4 Å². The molecule has 0 fully saturated rings. The summed E-state index contributed by atoms with van der Waals surface area (Å²) in [6.07, 6.45) is -3.38. The van der Waals surface area contributed by atoms with Crippen LogP contribution in [0.15, 0.2) is 18.3 Å². The second-order valence-electron chi connectivity index (χ2n) is 4.02. The van der Waals surface area contributed by atoms with E-state index in [4.69, 9.17) is 5.11 Å². The summed E-state index contributed by atoms with van der Waals surface area (Å²) in [5.41, 5.74) is -0.803. The zero-order chi connectivity index (χ0) is 13.9. The normalized spacial score (nSPS) is 13.2. The number of nitrogens with zero attached hydrogens (tertiary/aromatic N) is 2. The van der Waals surface area contributed by atoms with Crippen molar-refractivity contribution in [1.29, 1.82) is 0 Å². The Kier molecular flexibility index (Phi) is 4.15. The van der Waals surface area contributed by atoms with E-state index in [1.807, 2.05) is 0 Å². The third-order valence-corrected chi connectivity index (χ3v) is 2.43. The van der Waals surface area contributed by atoms with Crippen LogP contribution < -0.4 is 4.90 Å². The monoisotopic (exact) mass is 262 g/mol. The van der Waals surface area contributed by atoms with Gasteiger partial charge in [0.05, 0.1) is 11.5 Å². The topological polar surface area (TPSA) is 53.4 Å². The van der Waals surface area contributed by atoms with Gasteiger partial charge in [-0.3, -0.25) is 4.79 Å². The van der Waals surface area contributed by atoms with Crippen LogP contribution in [0.1, 0.15) is 12.5 Å². The maximum Gasteiger partial charge on any atom is 0.416 e. The third-order valence-electron chi connectivity index (χ3n) is 2.43. The number of carboxylic acid groups (broad SMARTS) is 1. The molecule has 0 bridgehead atoms. The Bertz CT molecular complexity index is 435. The van der Waals surface area contributed by atoms with Crippen LogP contribution in [-0.4, -0.2) is 29.7 Å². The second-order valence-corrected chi connectivity index (χ2v) is 4.02. The molecule has 1 rings (SSSR count). The molecule has 1 N–H and O–H groups in total. The van der Waals surface area contributed by atoms with Crippen LogP contribution >= 0.6 is 0 Å². The number of aromatic nitrogens is 1. The fourth-order valence-corrected chi connectivity index (χ4v) is 1.39. The SMILES string of the molecule is CC(CN(C)c1cc(C(F)(F)F)ccn1)C(=O)O. The smallest absolute Gasteiger partial charge is 0.416 e. The van der Waals surface area contributed by atoms with Crippen molar-refractivity contribution in [3.05, 3.63) is 23.9 Å². The van der Waals surface area contributed by atoms with E-state index >= 15 is 0 Å². The summed E-state index contributed by atoms with van der Waals surface area (Å²) in [5.74, 6) is -1.60. The molecular formula is C11H13F3N2O2. The zero-order valence-corrected chi connectivity index (χ0v) is 9.90.